The van der Waals surface area contributed by atoms with Crippen molar-refractivity contribution in [1.29, 1.82) is 0 Å². The summed E-state index contributed by atoms with van der Waals surface area (Å²) in [5.41, 5.74) is 32.2. The lowest BCUT2D eigenvalue weighted by molar-refractivity contribution is 0.669. The van der Waals surface area contributed by atoms with Gasteiger partial charge in [0.1, 0.15) is 22.3 Å². The van der Waals surface area contributed by atoms with Gasteiger partial charge < -0.3 is 13.4 Å². The molecule has 0 N–H and O–H groups in total. The van der Waals surface area contributed by atoms with Crippen molar-refractivity contribution < 1.29 is 8.83 Å². The maximum atomic E-state index is 6.47. The molecule has 20 aromatic carbocycles. The van der Waals surface area contributed by atoms with Gasteiger partial charge in [0, 0.05) is 53.6 Å². The summed E-state index contributed by atoms with van der Waals surface area (Å²) < 4.78 is 16.2. The maximum Gasteiger partial charge on any atom is 0.143 e. The number of nitrogens with zero attached hydrogens (tertiary/aromatic N) is 1. The van der Waals surface area contributed by atoms with Crippen LogP contribution in [-0.2, 0) is 6.42 Å². The summed E-state index contributed by atoms with van der Waals surface area (Å²) in [7, 11) is 0. The van der Waals surface area contributed by atoms with Crippen LogP contribution in [0.25, 0.3) is 215 Å². The van der Waals surface area contributed by atoms with E-state index in [4.69, 9.17) is 8.83 Å². The van der Waals surface area contributed by atoms with Crippen LogP contribution in [0.1, 0.15) is 11.1 Å². The summed E-state index contributed by atoms with van der Waals surface area (Å²) >= 11 is 3.64. The van der Waals surface area contributed by atoms with Crippen LogP contribution in [0.15, 0.2) is 438 Å². The van der Waals surface area contributed by atoms with Crippen molar-refractivity contribution in [3.05, 3.63) is 440 Å². The second kappa shape index (κ2) is 29.1. The number of fused-ring (bicyclic) bond motifs is 16. The van der Waals surface area contributed by atoms with Crippen molar-refractivity contribution in [3.63, 3.8) is 0 Å². The molecule has 0 amide bonds. The van der Waals surface area contributed by atoms with Crippen LogP contribution in [0.3, 0.4) is 0 Å². The molecule has 0 unspecified atom stereocenters. The highest BCUT2D eigenvalue weighted by atomic mass is 79.9. The molecule has 4 heteroatoms. The van der Waals surface area contributed by atoms with Gasteiger partial charge in [-0.3, -0.25) is 0 Å². The SMILES string of the molecule is Brc1cccc(-c2ccc3c(-c4ccccc4)c4ccccc4c(-c4ccccc4)c3c2)c1.c1ccc(-c2c3ccccc3c(-c3ccccc3)c3cc(-c4cccc(-n5c6ccccc6c6cc(-c7cccc8c7oc7ccccc78)ccc65)c4)ccc23)cc1.c1ccc2c(c1)Cc1ccc(-c3cccc4c3oc3ccccc34)cc1-2. The predicted molar refractivity (Wildman–Crippen MR) is 498 cm³/mol. The molecule has 3 nitrogen and oxygen atoms in total. The third-order valence-corrected chi connectivity index (χ3v) is 24.3. The molecule has 0 saturated heterocycles. The van der Waals surface area contributed by atoms with Crippen molar-refractivity contribution in [3.8, 4) is 106 Å². The zero-order valence-corrected chi connectivity index (χ0v) is 65.3. The highest BCUT2D eigenvalue weighted by molar-refractivity contribution is 9.10. The van der Waals surface area contributed by atoms with E-state index in [1.165, 1.54) is 170 Å². The summed E-state index contributed by atoms with van der Waals surface area (Å²) in [6.07, 6.45) is 1.03. The first-order valence-electron chi connectivity index (χ1n) is 40.1. The number of rotatable bonds is 9. The van der Waals surface area contributed by atoms with Gasteiger partial charge in [-0.25, -0.2) is 0 Å². The van der Waals surface area contributed by atoms with E-state index in [2.05, 4.69) is 421 Å². The molecular formula is C113H72BrNO2. The summed E-state index contributed by atoms with van der Waals surface area (Å²) in [5, 5.41) is 17.2. The Morgan fingerprint density at radius 3 is 1.08 bits per heavy atom. The van der Waals surface area contributed by atoms with Gasteiger partial charge in [-0.05, 0) is 222 Å². The lowest BCUT2D eigenvalue weighted by atomic mass is 9.85. The lowest BCUT2D eigenvalue weighted by Crippen LogP contribution is -1.95. The molecule has 0 radical (unpaired) electrons. The quantitative estimate of drug-likeness (QED) is 0.135. The first-order valence-corrected chi connectivity index (χ1v) is 40.9. The predicted octanol–water partition coefficient (Wildman–Crippen LogP) is 32.2. The molecule has 1 aliphatic rings. The number of hydrogen-bond donors (Lipinski definition) is 0. The van der Waals surface area contributed by atoms with Crippen molar-refractivity contribution in [2.24, 2.45) is 0 Å². The van der Waals surface area contributed by atoms with Crippen LogP contribution >= 0.6 is 15.9 Å². The number of benzene rings is 20. The second-order valence-electron chi connectivity index (χ2n) is 30.5. The van der Waals surface area contributed by atoms with Gasteiger partial charge in [-0.1, -0.05) is 368 Å². The molecule has 0 spiro atoms. The third kappa shape index (κ3) is 12.1. The minimum absolute atomic E-state index is 0.912. The van der Waals surface area contributed by atoms with Crippen molar-refractivity contribution in [2.75, 3.05) is 0 Å². The minimum Gasteiger partial charge on any atom is -0.455 e. The van der Waals surface area contributed by atoms with E-state index in [-0.39, 0.29) is 0 Å². The topological polar surface area (TPSA) is 31.2 Å². The molecular weight excluding hydrogens is 1480 g/mol. The van der Waals surface area contributed by atoms with Gasteiger partial charge in [-0.15, -0.1) is 0 Å². The average molecular weight is 1560 g/mol. The zero-order chi connectivity index (χ0) is 77.4. The molecule has 24 rings (SSSR count). The lowest BCUT2D eigenvalue weighted by Gasteiger charge is -2.19. The standard InChI is InChI=1S/C56H35NO.C32H21Br.C25H16O/c1-3-15-36(16-4-1)54-45-23-7-8-24-46(45)55(37-17-5-2-6-18-37)50-34-39(29-31-47(50)54)38-19-13-20-41(33-38)57-51-27-11-9-21-43(51)49-35-40(30-32-52(49)57)42-25-14-26-48-44-22-10-12-28-53(44)58-56(42)48;33-26-15-9-14-24(20-26)25-18-19-29-30(21-25)32(23-12-5-2-6-13-23)28-17-8-7-16-27(28)31(29)22-10-3-1-4-11-22;1-2-7-19-16(6-1)14-17-12-13-18(15-23(17)19)20-9-5-10-22-21-8-3-4-11-24(21)26-25(20)22/h1-35H;1-21H;1-13,15H,14H2. The van der Waals surface area contributed by atoms with Gasteiger partial charge in [0.15, 0.2) is 0 Å². The number of furan rings is 2. The van der Waals surface area contributed by atoms with Crippen LogP contribution in [0.2, 0.25) is 0 Å². The summed E-state index contributed by atoms with van der Waals surface area (Å²) in [5.74, 6) is 0. The van der Waals surface area contributed by atoms with E-state index < -0.39 is 0 Å². The van der Waals surface area contributed by atoms with Gasteiger partial charge in [0.05, 0.1) is 11.0 Å². The Morgan fingerprint density at radius 2 is 0.547 bits per heavy atom. The van der Waals surface area contributed by atoms with Crippen molar-refractivity contribution in [2.45, 2.75) is 6.42 Å². The number of para-hydroxylation sites is 5. The van der Waals surface area contributed by atoms with Crippen LogP contribution in [-0.4, -0.2) is 4.57 Å². The molecule has 117 heavy (non-hydrogen) atoms. The fourth-order valence-electron chi connectivity index (χ4n) is 18.5. The molecule has 0 atom stereocenters. The fraction of sp³-hybridized carbons (Fsp3) is 0.00885. The van der Waals surface area contributed by atoms with Crippen molar-refractivity contribution in [1.82, 2.24) is 4.57 Å². The molecule has 0 aliphatic heterocycles. The van der Waals surface area contributed by atoms with E-state index in [9.17, 15) is 0 Å². The van der Waals surface area contributed by atoms with Crippen LogP contribution in [0.4, 0.5) is 0 Å². The molecule has 3 aromatic heterocycles. The van der Waals surface area contributed by atoms with E-state index in [0.29, 0.717) is 0 Å². The Balaban J connectivity index is 0.000000118. The normalized spacial score (nSPS) is 11.8. The molecule has 23 aromatic rings. The van der Waals surface area contributed by atoms with E-state index in [0.717, 1.165) is 66.4 Å². The largest absolute Gasteiger partial charge is 0.455 e. The van der Waals surface area contributed by atoms with Gasteiger partial charge in [-0.2, -0.15) is 0 Å². The minimum atomic E-state index is 0.912. The smallest absolute Gasteiger partial charge is 0.143 e. The first-order chi connectivity index (χ1) is 58.0. The van der Waals surface area contributed by atoms with Gasteiger partial charge >= 0.3 is 0 Å². The second-order valence-corrected chi connectivity index (χ2v) is 31.4. The van der Waals surface area contributed by atoms with E-state index >= 15 is 0 Å². The number of halogens is 1. The van der Waals surface area contributed by atoms with Gasteiger partial charge in [0.2, 0.25) is 0 Å². The van der Waals surface area contributed by atoms with E-state index in [1.807, 2.05) is 24.3 Å². The monoisotopic (exact) mass is 1550 g/mol. The Kier molecular flexibility index (Phi) is 17.2. The highest BCUT2D eigenvalue weighted by Crippen LogP contribution is 2.49. The molecule has 0 bridgehead atoms. The summed E-state index contributed by atoms with van der Waals surface area (Å²) in [4.78, 5) is 0. The Morgan fingerprint density at radius 1 is 0.197 bits per heavy atom. The molecule has 548 valence electrons. The van der Waals surface area contributed by atoms with Gasteiger partial charge in [0.25, 0.3) is 0 Å². The number of hydrogen-bond acceptors (Lipinski definition) is 2. The average Bonchev–Trinajstić information content (AvgIpc) is 1.69. The summed E-state index contributed by atoms with van der Waals surface area (Å²) in [6.45, 7) is 0. The fourth-order valence-corrected chi connectivity index (χ4v) is 18.9. The molecule has 3 heterocycles. The Hall–Kier alpha value is -14.7. The van der Waals surface area contributed by atoms with E-state index in [1.54, 1.807) is 0 Å². The third-order valence-electron chi connectivity index (χ3n) is 23.8. The van der Waals surface area contributed by atoms with Crippen LogP contribution < -0.4 is 0 Å². The van der Waals surface area contributed by atoms with Crippen LogP contribution in [0, 0.1) is 0 Å². The maximum absolute atomic E-state index is 6.47. The van der Waals surface area contributed by atoms with Crippen molar-refractivity contribution >= 4 is 125 Å². The Labute approximate surface area is 685 Å². The van der Waals surface area contributed by atoms with Crippen LogP contribution in [0.5, 0.6) is 0 Å². The zero-order valence-electron chi connectivity index (χ0n) is 63.8. The number of aromatic nitrogens is 1. The highest BCUT2D eigenvalue weighted by Gasteiger charge is 2.24. The molecule has 0 saturated carbocycles. The molecule has 1 aliphatic carbocycles. The summed E-state index contributed by atoms with van der Waals surface area (Å²) in [6, 6.07) is 153. The molecule has 0 fully saturated rings. The first kappa shape index (κ1) is 69.1. The Bertz CT molecular complexity index is 7850.